The van der Waals surface area contributed by atoms with Crippen molar-refractivity contribution in [3.05, 3.63) is 28.8 Å². The van der Waals surface area contributed by atoms with E-state index in [2.05, 4.69) is 25.6 Å². The van der Waals surface area contributed by atoms with Gasteiger partial charge in [0.15, 0.2) is 5.82 Å². The number of pyridine rings is 1. The van der Waals surface area contributed by atoms with Crippen LogP contribution in [-0.4, -0.2) is 46.8 Å². The second kappa shape index (κ2) is 10.6. The van der Waals surface area contributed by atoms with Gasteiger partial charge in [-0.05, 0) is 64.1 Å². The summed E-state index contributed by atoms with van der Waals surface area (Å²) in [5.74, 6) is -2.36. The molecule has 1 unspecified atom stereocenters. The minimum atomic E-state index is -5.02. The number of alkyl halides is 3. The van der Waals surface area contributed by atoms with Gasteiger partial charge in [0.2, 0.25) is 5.88 Å². The van der Waals surface area contributed by atoms with Gasteiger partial charge < -0.3 is 25.8 Å². The largest absolute Gasteiger partial charge is 0.474 e. The summed E-state index contributed by atoms with van der Waals surface area (Å²) in [5, 5.41) is 6.45. The number of ether oxygens (including phenoxy) is 2. The summed E-state index contributed by atoms with van der Waals surface area (Å²) in [4.78, 5) is 13.0. The fourth-order valence-electron chi connectivity index (χ4n) is 5.04. The normalized spacial score (nSPS) is 18.9. The molecule has 1 atom stereocenters. The highest BCUT2D eigenvalue weighted by Gasteiger charge is 2.39. The molecule has 3 heterocycles. The lowest BCUT2D eigenvalue weighted by Gasteiger charge is -2.21. The van der Waals surface area contributed by atoms with Crippen molar-refractivity contribution in [3.63, 3.8) is 0 Å². The van der Waals surface area contributed by atoms with Crippen molar-refractivity contribution < 1.29 is 31.4 Å². The zero-order valence-electron chi connectivity index (χ0n) is 21.5. The van der Waals surface area contributed by atoms with Gasteiger partial charge in [0.25, 0.3) is 0 Å². The zero-order valence-corrected chi connectivity index (χ0v) is 21.5. The number of anilines is 2. The summed E-state index contributed by atoms with van der Waals surface area (Å²) in [5.41, 5.74) is 1.23. The third kappa shape index (κ3) is 5.36. The highest BCUT2D eigenvalue weighted by molar-refractivity contribution is 5.96. The van der Waals surface area contributed by atoms with E-state index in [-0.39, 0.29) is 34.7 Å². The molecule has 39 heavy (non-hydrogen) atoms. The van der Waals surface area contributed by atoms with E-state index in [0.29, 0.717) is 26.1 Å². The van der Waals surface area contributed by atoms with Crippen LogP contribution >= 0.6 is 0 Å². The predicted molar refractivity (Wildman–Crippen MR) is 136 cm³/mol. The molecule has 1 aliphatic carbocycles. The maximum Gasteiger partial charge on any atom is 0.417 e. The predicted octanol–water partition coefficient (Wildman–Crippen LogP) is 5.37. The van der Waals surface area contributed by atoms with Crippen LogP contribution in [0.4, 0.5) is 33.5 Å². The number of benzene rings is 1. The van der Waals surface area contributed by atoms with Crippen LogP contribution in [-0.2, 0) is 6.18 Å². The standard InChI is InChI=1S/C26H29F5N6O2/c1-12-7-8-33-9-10-34-23-17-22(36-25(37-23)39-14-5-3-4-6-14)20(28)21(35-24(17)38-12)15-11-16(32)19(27)13(2)18(15)26(29,30)31/h11-12,14,33H,3-10,32H2,1-2H3,(H,34,36,37). The molecule has 0 saturated heterocycles. The summed E-state index contributed by atoms with van der Waals surface area (Å²) in [6, 6.07) is 0.630. The molecule has 0 bridgehead atoms. The number of hydrogen-bond donors (Lipinski definition) is 3. The molecule has 5 rings (SSSR count). The first kappa shape index (κ1) is 27.1. The molecule has 8 nitrogen and oxygen atoms in total. The molecule has 1 saturated carbocycles. The second-order valence-electron chi connectivity index (χ2n) is 9.90. The Morgan fingerprint density at radius 3 is 2.49 bits per heavy atom. The van der Waals surface area contributed by atoms with Gasteiger partial charge in [-0.15, -0.1) is 0 Å². The minimum absolute atomic E-state index is 0.0733. The maximum atomic E-state index is 16.3. The molecule has 4 N–H and O–H groups in total. The van der Waals surface area contributed by atoms with Crippen molar-refractivity contribution in [1.29, 1.82) is 0 Å². The molecule has 1 fully saturated rings. The number of aromatic nitrogens is 3. The highest BCUT2D eigenvalue weighted by atomic mass is 19.4. The van der Waals surface area contributed by atoms with Gasteiger partial charge in [0.05, 0.1) is 17.4 Å². The van der Waals surface area contributed by atoms with Crippen molar-refractivity contribution in [2.45, 2.75) is 64.3 Å². The number of nitrogens with two attached hydrogens (primary N) is 1. The summed E-state index contributed by atoms with van der Waals surface area (Å²) in [6.07, 6.45) is -1.56. The zero-order chi connectivity index (χ0) is 27.9. The van der Waals surface area contributed by atoms with Crippen molar-refractivity contribution in [2.75, 3.05) is 30.7 Å². The molecule has 0 spiro atoms. The van der Waals surface area contributed by atoms with Crippen molar-refractivity contribution >= 4 is 22.4 Å². The SMILES string of the molecule is Cc1c(F)c(N)cc(-c2nc3c4c(nc(OC5CCCC5)nc4c2F)NCCNCCC(C)O3)c1C(F)(F)F. The molecule has 1 aromatic carbocycles. The van der Waals surface area contributed by atoms with Crippen molar-refractivity contribution in [2.24, 2.45) is 0 Å². The average Bonchev–Trinajstić information content (AvgIpc) is 3.37. The third-order valence-electron chi connectivity index (χ3n) is 7.01. The van der Waals surface area contributed by atoms with Crippen molar-refractivity contribution in [1.82, 2.24) is 20.3 Å². The highest BCUT2D eigenvalue weighted by Crippen LogP contribution is 2.44. The van der Waals surface area contributed by atoms with Gasteiger partial charge in [0, 0.05) is 18.7 Å². The Morgan fingerprint density at radius 2 is 1.77 bits per heavy atom. The van der Waals surface area contributed by atoms with E-state index in [0.717, 1.165) is 38.7 Å². The topological polar surface area (TPSA) is 107 Å². The molecular formula is C26H29F5N6O2. The maximum absolute atomic E-state index is 16.3. The fourth-order valence-corrected chi connectivity index (χ4v) is 5.04. The molecule has 210 valence electrons. The molecule has 0 radical (unpaired) electrons. The molecule has 0 amide bonds. The summed E-state index contributed by atoms with van der Waals surface area (Å²) in [7, 11) is 0. The van der Waals surface area contributed by atoms with E-state index in [1.165, 1.54) is 0 Å². The van der Waals surface area contributed by atoms with Crippen LogP contribution in [0.3, 0.4) is 0 Å². The Hall–Kier alpha value is -3.48. The third-order valence-corrected chi connectivity index (χ3v) is 7.01. The summed E-state index contributed by atoms with van der Waals surface area (Å²) >= 11 is 0. The number of hydrogen-bond acceptors (Lipinski definition) is 8. The Kier molecular flexibility index (Phi) is 7.36. The number of nitrogens with one attached hydrogen (secondary N) is 2. The average molecular weight is 553 g/mol. The molecule has 2 aliphatic rings. The number of halogens is 5. The van der Waals surface area contributed by atoms with Gasteiger partial charge in [-0.25, -0.2) is 13.8 Å². The van der Waals surface area contributed by atoms with Gasteiger partial charge in [-0.2, -0.15) is 23.1 Å². The molecule has 2 aromatic heterocycles. The van der Waals surface area contributed by atoms with E-state index >= 15 is 4.39 Å². The quantitative estimate of drug-likeness (QED) is 0.294. The lowest BCUT2D eigenvalue weighted by molar-refractivity contribution is -0.137. The van der Waals surface area contributed by atoms with E-state index in [4.69, 9.17) is 15.2 Å². The molecule has 13 heteroatoms. The van der Waals surface area contributed by atoms with Crippen LogP contribution in [0.1, 0.15) is 50.2 Å². The van der Waals surface area contributed by atoms with E-state index in [1.54, 1.807) is 6.92 Å². The lowest BCUT2D eigenvalue weighted by Crippen LogP contribution is -2.26. The van der Waals surface area contributed by atoms with Gasteiger partial charge in [-0.1, -0.05) is 0 Å². The lowest BCUT2D eigenvalue weighted by atomic mass is 9.96. The summed E-state index contributed by atoms with van der Waals surface area (Å²) in [6.45, 7) is 4.30. The van der Waals surface area contributed by atoms with Crippen LogP contribution < -0.4 is 25.8 Å². The Balaban J connectivity index is 1.80. The monoisotopic (exact) mass is 552 g/mol. The fraction of sp³-hybridized carbons (Fsp3) is 0.500. The Morgan fingerprint density at radius 1 is 1.03 bits per heavy atom. The van der Waals surface area contributed by atoms with E-state index in [9.17, 15) is 17.6 Å². The first-order valence-corrected chi connectivity index (χ1v) is 12.9. The van der Waals surface area contributed by atoms with E-state index in [1.807, 2.05) is 0 Å². The van der Waals surface area contributed by atoms with E-state index < -0.39 is 52.0 Å². The van der Waals surface area contributed by atoms with Crippen LogP contribution in [0.2, 0.25) is 0 Å². The second-order valence-corrected chi connectivity index (χ2v) is 9.90. The first-order chi connectivity index (χ1) is 18.5. The van der Waals surface area contributed by atoms with Crippen LogP contribution in [0.5, 0.6) is 11.9 Å². The van der Waals surface area contributed by atoms with Crippen LogP contribution in [0.15, 0.2) is 6.07 Å². The number of nitrogen functional groups attached to an aromatic ring is 1. The summed E-state index contributed by atoms with van der Waals surface area (Å²) < 4.78 is 85.3. The van der Waals surface area contributed by atoms with Gasteiger partial charge in [0.1, 0.15) is 34.3 Å². The Labute approximate surface area is 221 Å². The van der Waals surface area contributed by atoms with Crippen LogP contribution in [0, 0.1) is 18.6 Å². The van der Waals surface area contributed by atoms with Crippen molar-refractivity contribution in [3.8, 4) is 23.1 Å². The smallest absolute Gasteiger partial charge is 0.417 e. The van der Waals surface area contributed by atoms with Gasteiger partial charge in [-0.3, -0.25) is 0 Å². The van der Waals surface area contributed by atoms with Gasteiger partial charge >= 0.3 is 12.2 Å². The molecular weight excluding hydrogens is 523 g/mol. The molecule has 1 aliphatic heterocycles. The number of nitrogens with zero attached hydrogens (tertiary/aromatic N) is 3. The Bertz CT molecular complexity index is 1390. The first-order valence-electron chi connectivity index (χ1n) is 12.9. The van der Waals surface area contributed by atoms with Crippen LogP contribution in [0.25, 0.3) is 22.2 Å². The molecule has 3 aromatic rings. The minimum Gasteiger partial charge on any atom is -0.474 e. The number of rotatable bonds is 3.